The smallest absolute Gasteiger partial charge is 0.288 e. The largest absolute Gasteiger partial charge is 0.298 e. The van der Waals surface area contributed by atoms with Crippen LogP contribution in [0.3, 0.4) is 0 Å². The molecule has 3 N–H and O–H groups in total. The lowest BCUT2D eigenvalue weighted by molar-refractivity contribution is -0.384. The zero-order valence-corrected chi connectivity index (χ0v) is 15.0. The molecule has 0 saturated heterocycles. The van der Waals surface area contributed by atoms with Crippen LogP contribution < -0.4 is 16.2 Å². The zero-order chi connectivity index (χ0) is 19.3. The molecule has 0 heterocycles. The average Bonchev–Trinajstić information content (AvgIpc) is 2.60. The van der Waals surface area contributed by atoms with E-state index in [0.717, 1.165) is 11.6 Å². The van der Waals surface area contributed by atoms with Crippen molar-refractivity contribution in [2.75, 3.05) is 0 Å². The van der Waals surface area contributed by atoms with Crippen LogP contribution in [0.5, 0.6) is 0 Å². The van der Waals surface area contributed by atoms with Crippen molar-refractivity contribution in [2.24, 2.45) is 0 Å². The molecular weight excluding hydrogens is 380 g/mol. The monoisotopic (exact) mass is 392 g/mol. The summed E-state index contributed by atoms with van der Waals surface area (Å²) < 4.78 is 0. The van der Waals surface area contributed by atoms with Gasteiger partial charge in [0.05, 0.1) is 4.92 Å². The molecule has 0 aliphatic rings. The van der Waals surface area contributed by atoms with Gasteiger partial charge in [-0.05, 0) is 43.4 Å². The van der Waals surface area contributed by atoms with Crippen LogP contribution in [0.2, 0.25) is 5.02 Å². The number of hydrazine groups is 1. The lowest BCUT2D eigenvalue weighted by Crippen LogP contribution is -2.48. The molecule has 0 unspecified atom stereocenters. The first-order valence-electron chi connectivity index (χ1n) is 7.20. The van der Waals surface area contributed by atoms with Crippen LogP contribution in [0, 0.1) is 17.0 Å². The summed E-state index contributed by atoms with van der Waals surface area (Å²) >= 11 is 10.6. The van der Waals surface area contributed by atoms with E-state index in [-0.39, 0.29) is 15.7 Å². The number of carbonyl (C=O) groups is 2. The zero-order valence-electron chi connectivity index (χ0n) is 13.4. The molecule has 0 spiro atoms. The number of hydrogen-bond donors (Lipinski definition) is 3. The standard InChI is InChI=1S/C16H13ClN4O4S/c1-9-2-4-10(5-3-9)15(23)19-20-16(26)18-14(22)11-6-7-12(17)13(8-11)21(24)25/h2-8H,1H3,(H,19,23)(H2,18,20,22,26). The summed E-state index contributed by atoms with van der Waals surface area (Å²) in [5, 5.41) is 12.9. The van der Waals surface area contributed by atoms with Crippen molar-refractivity contribution < 1.29 is 14.5 Å². The molecule has 2 aromatic carbocycles. The third-order valence-electron chi connectivity index (χ3n) is 3.24. The number of rotatable bonds is 3. The van der Waals surface area contributed by atoms with Crippen LogP contribution in [0.4, 0.5) is 5.69 Å². The van der Waals surface area contributed by atoms with Crippen molar-refractivity contribution >= 4 is 46.4 Å². The number of hydrogen-bond acceptors (Lipinski definition) is 5. The highest BCUT2D eigenvalue weighted by atomic mass is 35.5. The van der Waals surface area contributed by atoms with E-state index in [2.05, 4.69) is 16.2 Å². The minimum Gasteiger partial charge on any atom is -0.298 e. The minimum absolute atomic E-state index is 0.00453. The Bertz CT molecular complexity index is 886. The number of amides is 2. The average molecular weight is 393 g/mol. The fourth-order valence-electron chi connectivity index (χ4n) is 1.89. The summed E-state index contributed by atoms with van der Waals surface area (Å²) in [6.07, 6.45) is 0. The molecule has 0 radical (unpaired) electrons. The first-order chi connectivity index (χ1) is 12.3. The van der Waals surface area contributed by atoms with E-state index >= 15 is 0 Å². The van der Waals surface area contributed by atoms with Crippen LogP contribution in [0.15, 0.2) is 42.5 Å². The van der Waals surface area contributed by atoms with Crippen LogP contribution in [-0.2, 0) is 0 Å². The van der Waals surface area contributed by atoms with Gasteiger partial charge in [-0.15, -0.1) is 0 Å². The second-order valence-corrected chi connectivity index (χ2v) is 5.97. The van der Waals surface area contributed by atoms with Crippen molar-refractivity contribution in [2.45, 2.75) is 6.92 Å². The number of aryl methyl sites for hydroxylation is 1. The molecule has 2 rings (SSSR count). The fraction of sp³-hybridized carbons (Fsp3) is 0.0625. The highest BCUT2D eigenvalue weighted by molar-refractivity contribution is 7.80. The molecule has 2 aromatic rings. The van der Waals surface area contributed by atoms with E-state index in [0.29, 0.717) is 5.56 Å². The Kier molecular flexibility index (Phi) is 6.21. The van der Waals surface area contributed by atoms with Crippen molar-refractivity contribution in [1.82, 2.24) is 16.2 Å². The Hall–Kier alpha value is -3.04. The van der Waals surface area contributed by atoms with Gasteiger partial charge in [0.2, 0.25) is 0 Å². The number of nitrogens with one attached hydrogen (secondary N) is 3. The first-order valence-corrected chi connectivity index (χ1v) is 7.99. The number of nitro groups is 1. The Morgan fingerprint density at radius 1 is 1.04 bits per heavy atom. The van der Waals surface area contributed by atoms with E-state index in [1.54, 1.807) is 24.3 Å². The maximum absolute atomic E-state index is 12.1. The number of benzene rings is 2. The molecule has 0 bridgehead atoms. The molecule has 0 fully saturated rings. The van der Waals surface area contributed by atoms with E-state index in [4.69, 9.17) is 23.8 Å². The Morgan fingerprint density at radius 2 is 1.65 bits per heavy atom. The Morgan fingerprint density at radius 3 is 2.27 bits per heavy atom. The summed E-state index contributed by atoms with van der Waals surface area (Å²) in [5.74, 6) is -1.13. The van der Waals surface area contributed by atoms with Gasteiger partial charge >= 0.3 is 0 Å². The lowest BCUT2D eigenvalue weighted by Gasteiger charge is -2.11. The van der Waals surface area contributed by atoms with Crippen LogP contribution in [0.25, 0.3) is 0 Å². The third-order valence-corrected chi connectivity index (χ3v) is 3.76. The molecule has 0 aliphatic carbocycles. The predicted octanol–water partition coefficient (Wildman–Crippen LogP) is 2.51. The molecule has 10 heteroatoms. The summed E-state index contributed by atoms with van der Waals surface area (Å²) in [7, 11) is 0. The first kappa shape index (κ1) is 19.3. The van der Waals surface area contributed by atoms with E-state index in [9.17, 15) is 19.7 Å². The molecule has 26 heavy (non-hydrogen) atoms. The van der Waals surface area contributed by atoms with Crippen molar-refractivity contribution in [3.8, 4) is 0 Å². The highest BCUT2D eigenvalue weighted by Gasteiger charge is 2.17. The van der Waals surface area contributed by atoms with Crippen LogP contribution in [-0.4, -0.2) is 21.9 Å². The van der Waals surface area contributed by atoms with Gasteiger partial charge in [0.1, 0.15) is 5.02 Å². The second kappa shape index (κ2) is 8.37. The van der Waals surface area contributed by atoms with Gasteiger partial charge in [0, 0.05) is 17.2 Å². The molecular formula is C16H13ClN4O4S. The fourth-order valence-corrected chi connectivity index (χ4v) is 2.22. The minimum atomic E-state index is -0.697. The topological polar surface area (TPSA) is 113 Å². The quantitative estimate of drug-likeness (QED) is 0.420. The van der Waals surface area contributed by atoms with Gasteiger partial charge in [-0.2, -0.15) is 0 Å². The molecule has 8 nitrogen and oxygen atoms in total. The number of halogens is 1. The van der Waals surface area contributed by atoms with Gasteiger partial charge in [-0.1, -0.05) is 29.3 Å². The van der Waals surface area contributed by atoms with Crippen molar-refractivity contribution in [3.05, 3.63) is 74.3 Å². The molecule has 0 atom stereocenters. The van der Waals surface area contributed by atoms with Crippen LogP contribution in [0.1, 0.15) is 26.3 Å². The predicted molar refractivity (Wildman–Crippen MR) is 100.0 cm³/mol. The summed E-state index contributed by atoms with van der Waals surface area (Å²) in [4.78, 5) is 34.2. The molecule has 0 aliphatic heterocycles. The third kappa shape index (κ3) is 4.98. The summed E-state index contributed by atoms with van der Waals surface area (Å²) in [6, 6.07) is 10.4. The Labute approximate surface area is 158 Å². The van der Waals surface area contributed by atoms with Gasteiger partial charge in [0.15, 0.2) is 5.11 Å². The lowest BCUT2D eigenvalue weighted by atomic mass is 10.1. The van der Waals surface area contributed by atoms with E-state index in [1.807, 2.05) is 6.92 Å². The van der Waals surface area contributed by atoms with E-state index < -0.39 is 22.4 Å². The molecule has 2 amide bonds. The number of nitro benzene ring substituents is 1. The molecule has 0 aromatic heterocycles. The van der Waals surface area contributed by atoms with Crippen LogP contribution >= 0.6 is 23.8 Å². The maximum atomic E-state index is 12.1. The maximum Gasteiger partial charge on any atom is 0.288 e. The number of thiocarbonyl (C=S) groups is 1. The molecule has 134 valence electrons. The summed E-state index contributed by atoms with van der Waals surface area (Å²) in [5.41, 5.74) is 5.74. The SMILES string of the molecule is Cc1ccc(C(=O)NNC(=S)NC(=O)c2ccc(Cl)c([N+](=O)[O-])c2)cc1. The highest BCUT2D eigenvalue weighted by Crippen LogP contribution is 2.24. The number of carbonyl (C=O) groups excluding carboxylic acids is 2. The van der Waals surface area contributed by atoms with Gasteiger partial charge in [0.25, 0.3) is 17.5 Å². The Balaban J connectivity index is 1.94. The van der Waals surface area contributed by atoms with Gasteiger partial charge in [-0.25, -0.2) is 0 Å². The van der Waals surface area contributed by atoms with E-state index in [1.165, 1.54) is 12.1 Å². The second-order valence-electron chi connectivity index (χ2n) is 5.15. The van der Waals surface area contributed by atoms with Crippen molar-refractivity contribution in [3.63, 3.8) is 0 Å². The summed E-state index contributed by atoms with van der Waals surface area (Å²) in [6.45, 7) is 1.89. The van der Waals surface area contributed by atoms with Gasteiger partial charge < -0.3 is 0 Å². The normalized spacial score (nSPS) is 9.92. The van der Waals surface area contributed by atoms with Gasteiger partial charge in [-0.3, -0.25) is 35.9 Å². The van der Waals surface area contributed by atoms with Crippen molar-refractivity contribution in [1.29, 1.82) is 0 Å². The molecule has 0 saturated carbocycles. The number of nitrogens with zero attached hydrogens (tertiary/aromatic N) is 1.